The molecule has 0 unspecified atom stereocenters. The minimum Gasteiger partial charge on any atom is -0.309 e. The van der Waals surface area contributed by atoms with Crippen LogP contribution in [0.2, 0.25) is 4.34 Å². The molecular formula is C15H24ClNS. The minimum atomic E-state index is 0.451. The number of rotatable bonds is 3. The molecule has 3 heteroatoms. The van der Waals surface area contributed by atoms with Gasteiger partial charge in [-0.05, 0) is 42.2 Å². The Morgan fingerprint density at radius 3 is 2.33 bits per heavy atom. The molecule has 0 aromatic carbocycles. The second kappa shape index (κ2) is 5.15. The summed E-state index contributed by atoms with van der Waals surface area (Å²) in [5, 5.41) is 3.71. The van der Waals surface area contributed by atoms with Crippen molar-refractivity contribution in [2.75, 3.05) is 0 Å². The maximum atomic E-state index is 5.96. The van der Waals surface area contributed by atoms with Gasteiger partial charge in [-0.2, -0.15) is 0 Å². The molecule has 1 aliphatic rings. The number of hydrogen-bond acceptors (Lipinski definition) is 2. The van der Waals surface area contributed by atoms with Crippen LogP contribution >= 0.6 is 22.9 Å². The maximum absolute atomic E-state index is 5.96. The Labute approximate surface area is 120 Å². The van der Waals surface area contributed by atoms with Crippen molar-refractivity contribution in [1.82, 2.24) is 5.32 Å². The van der Waals surface area contributed by atoms with Gasteiger partial charge in [0.2, 0.25) is 0 Å². The molecule has 0 bridgehead atoms. The quantitative estimate of drug-likeness (QED) is 0.815. The number of hydrogen-bond donors (Lipinski definition) is 1. The summed E-state index contributed by atoms with van der Waals surface area (Å²) in [6, 6.07) is 4.74. The molecule has 2 rings (SSSR count). The number of nitrogens with one attached hydrogen (secondary N) is 1. The minimum absolute atomic E-state index is 0.451. The van der Waals surface area contributed by atoms with E-state index in [0.29, 0.717) is 16.9 Å². The molecule has 1 aromatic heterocycles. The van der Waals surface area contributed by atoms with Crippen molar-refractivity contribution in [1.29, 1.82) is 0 Å². The van der Waals surface area contributed by atoms with E-state index in [0.717, 1.165) is 10.9 Å². The van der Waals surface area contributed by atoms with Gasteiger partial charge in [0.15, 0.2) is 0 Å². The zero-order valence-electron chi connectivity index (χ0n) is 11.8. The van der Waals surface area contributed by atoms with Gasteiger partial charge in [0.25, 0.3) is 0 Å². The average molecular weight is 286 g/mol. The Hall–Kier alpha value is -0.0500. The van der Waals surface area contributed by atoms with Crippen LogP contribution in [-0.2, 0) is 6.54 Å². The third kappa shape index (κ3) is 3.97. The molecule has 0 atom stereocenters. The van der Waals surface area contributed by atoms with Gasteiger partial charge in [-0.15, -0.1) is 11.3 Å². The van der Waals surface area contributed by atoms with Crippen molar-refractivity contribution in [3.05, 3.63) is 21.3 Å². The van der Waals surface area contributed by atoms with E-state index in [-0.39, 0.29) is 0 Å². The molecule has 0 saturated heterocycles. The molecule has 0 amide bonds. The summed E-state index contributed by atoms with van der Waals surface area (Å²) in [5.74, 6) is 0. The van der Waals surface area contributed by atoms with Crippen LogP contribution in [0.1, 0.15) is 51.8 Å². The SMILES string of the molecule is CC1(C)CC(NCc2ccc(Cl)s2)CC(C)(C)C1. The number of thiophene rings is 1. The van der Waals surface area contributed by atoms with Crippen LogP contribution in [0.3, 0.4) is 0 Å². The normalized spacial score (nSPS) is 23.2. The Bertz CT molecular complexity index is 392. The van der Waals surface area contributed by atoms with E-state index >= 15 is 0 Å². The van der Waals surface area contributed by atoms with Crippen LogP contribution in [0, 0.1) is 10.8 Å². The highest BCUT2D eigenvalue weighted by Crippen LogP contribution is 2.45. The van der Waals surface area contributed by atoms with Crippen molar-refractivity contribution < 1.29 is 0 Å². The van der Waals surface area contributed by atoms with Crippen molar-refractivity contribution in [3.63, 3.8) is 0 Å². The molecule has 0 radical (unpaired) electrons. The Morgan fingerprint density at radius 2 is 1.83 bits per heavy atom. The molecule has 18 heavy (non-hydrogen) atoms. The molecular weight excluding hydrogens is 262 g/mol. The molecule has 1 fully saturated rings. The number of halogens is 1. The van der Waals surface area contributed by atoms with Crippen LogP contribution < -0.4 is 5.32 Å². The van der Waals surface area contributed by atoms with Gasteiger partial charge in [-0.1, -0.05) is 39.3 Å². The van der Waals surface area contributed by atoms with Crippen LogP contribution in [0.15, 0.2) is 12.1 Å². The average Bonchev–Trinajstić information content (AvgIpc) is 2.56. The van der Waals surface area contributed by atoms with Crippen molar-refractivity contribution in [2.45, 2.75) is 59.5 Å². The monoisotopic (exact) mass is 285 g/mol. The molecule has 0 aliphatic heterocycles. The molecule has 1 saturated carbocycles. The second-order valence-electron chi connectivity index (χ2n) is 7.20. The first-order chi connectivity index (χ1) is 8.26. The fourth-order valence-electron chi connectivity index (χ4n) is 3.68. The third-order valence-electron chi connectivity index (χ3n) is 3.75. The fourth-order valence-corrected chi connectivity index (χ4v) is 4.72. The van der Waals surface area contributed by atoms with E-state index in [1.807, 2.05) is 6.07 Å². The Morgan fingerprint density at radius 1 is 1.22 bits per heavy atom. The lowest BCUT2D eigenvalue weighted by Gasteiger charge is -2.45. The first kappa shape index (κ1) is 14.4. The summed E-state index contributed by atoms with van der Waals surface area (Å²) >= 11 is 7.64. The molecule has 102 valence electrons. The standard InChI is InChI=1S/C15H24ClNS/c1-14(2)7-11(8-15(3,4)10-14)17-9-12-5-6-13(16)18-12/h5-6,11,17H,7-10H2,1-4H3. The highest BCUT2D eigenvalue weighted by atomic mass is 35.5. The van der Waals surface area contributed by atoms with Gasteiger partial charge >= 0.3 is 0 Å². The maximum Gasteiger partial charge on any atom is 0.0931 e. The molecule has 0 spiro atoms. The highest BCUT2D eigenvalue weighted by Gasteiger charge is 2.38. The van der Waals surface area contributed by atoms with E-state index < -0.39 is 0 Å². The van der Waals surface area contributed by atoms with E-state index in [1.165, 1.54) is 24.1 Å². The van der Waals surface area contributed by atoms with Gasteiger partial charge in [0.05, 0.1) is 4.34 Å². The topological polar surface area (TPSA) is 12.0 Å². The largest absolute Gasteiger partial charge is 0.309 e. The van der Waals surface area contributed by atoms with Crippen molar-refractivity contribution in [2.24, 2.45) is 10.8 Å². The molecule has 1 aromatic rings. The van der Waals surface area contributed by atoms with E-state index in [2.05, 4.69) is 39.1 Å². The summed E-state index contributed by atoms with van der Waals surface area (Å²) in [6.07, 6.45) is 3.87. The zero-order valence-corrected chi connectivity index (χ0v) is 13.4. The van der Waals surface area contributed by atoms with Gasteiger partial charge in [-0.3, -0.25) is 0 Å². The second-order valence-corrected chi connectivity index (χ2v) is 9.00. The lowest BCUT2D eigenvalue weighted by atomic mass is 9.63. The Kier molecular flexibility index (Phi) is 4.10. The van der Waals surface area contributed by atoms with Gasteiger partial charge in [0, 0.05) is 17.5 Å². The third-order valence-corrected chi connectivity index (χ3v) is 4.98. The molecule has 1 aliphatic carbocycles. The van der Waals surface area contributed by atoms with Gasteiger partial charge in [0.1, 0.15) is 0 Å². The fraction of sp³-hybridized carbons (Fsp3) is 0.733. The smallest absolute Gasteiger partial charge is 0.0931 e. The summed E-state index contributed by atoms with van der Waals surface area (Å²) in [4.78, 5) is 1.33. The lowest BCUT2D eigenvalue weighted by molar-refractivity contribution is 0.0846. The van der Waals surface area contributed by atoms with E-state index in [1.54, 1.807) is 11.3 Å². The van der Waals surface area contributed by atoms with Gasteiger partial charge < -0.3 is 5.32 Å². The van der Waals surface area contributed by atoms with E-state index in [4.69, 9.17) is 11.6 Å². The predicted octanol–water partition coefficient (Wildman–Crippen LogP) is 5.10. The summed E-state index contributed by atoms with van der Waals surface area (Å²) in [5.41, 5.74) is 0.902. The van der Waals surface area contributed by atoms with Gasteiger partial charge in [-0.25, -0.2) is 0 Å². The summed E-state index contributed by atoms with van der Waals surface area (Å²) in [6.45, 7) is 10.5. The lowest BCUT2D eigenvalue weighted by Crippen LogP contribution is -2.43. The highest BCUT2D eigenvalue weighted by molar-refractivity contribution is 7.16. The molecule has 1 nitrogen and oxygen atoms in total. The first-order valence-corrected chi connectivity index (χ1v) is 7.93. The first-order valence-electron chi connectivity index (χ1n) is 6.73. The van der Waals surface area contributed by atoms with Crippen LogP contribution in [-0.4, -0.2) is 6.04 Å². The molecule has 1 N–H and O–H groups in total. The summed E-state index contributed by atoms with van der Waals surface area (Å²) < 4.78 is 0.885. The van der Waals surface area contributed by atoms with Crippen molar-refractivity contribution >= 4 is 22.9 Å². The molecule has 1 heterocycles. The zero-order chi connectivity index (χ0) is 13.4. The predicted molar refractivity (Wildman–Crippen MR) is 81.4 cm³/mol. The van der Waals surface area contributed by atoms with Crippen LogP contribution in [0.4, 0.5) is 0 Å². The van der Waals surface area contributed by atoms with Crippen molar-refractivity contribution in [3.8, 4) is 0 Å². The van der Waals surface area contributed by atoms with E-state index in [9.17, 15) is 0 Å². The van der Waals surface area contributed by atoms with Crippen LogP contribution in [0.5, 0.6) is 0 Å². The Balaban J connectivity index is 1.93. The van der Waals surface area contributed by atoms with Crippen LogP contribution in [0.25, 0.3) is 0 Å². The summed E-state index contributed by atoms with van der Waals surface area (Å²) in [7, 11) is 0.